The number of pyridine rings is 1. The molecule has 0 saturated heterocycles. The van der Waals surface area contributed by atoms with Crippen molar-refractivity contribution < 1.29 is 19.4 Å². The van der Waals surface area contributed by atoms with Crippen LogP contribution < -0.4 is 4.74 Å². The molecular weight excluding hydrogens is 494 g/mol. The lowest BCUT2D eigenvalue weighted by Gasteiger charge is -2.10. The number of aromatic hydroxyl groups is 1. The number of fused-ring (bicyclic) bond motifs is 1. The molecule has 1 N–H and O–H groups in total. The molecular formula is C19H15Br2N3O4. The molecule has 0 radical (unpaired) electrons. The molecule has 0 spiro atoms. The summed E-state index contributed by atoms with van der Waals surface area (Å²) >= 11 is 6.93. The van der Waals surface area contributed by atoms with E-state index in [0.717, 1.165) is 11.3 Å². The van der Waals surface area contributed by atoms with Gasteiger partial charge in [-0.2, -0.15) is 5.26 Å². The van der Waals surface area contributed by atoms with Crippen molar-refractivity contribution in [1.82, 2.24) is 9.55 Å². The summed E-state index contributed by atoms with van der Waals surface area (Å²) in [7, 11) is 1.59. The van der Waals surface area contributed by atoms with Gasteiger partial charge in [-0.15, -0.1) is 0 Å². The quantitative estimate of drug-likeness (QED) is 0.514. The van der Waals surface area contributed by atoms with E-state index in [1.54, 1.807) is 18.6 Å². The SMILES string of the molecule is CCOC(=O)c1nc(C#N)c2c(c1O)c(Br)c(Br)n2Cc1ccc(OC)cc1. The summed E-state index contributed by atoms with van der Waals surface area (Å²) in [6, 6.07) is 9.48. The van der Waals surface area contributed by atoms with Crippen molar-refractivity contribution in [1.29, 1.82) is 5.26 Å². The Bertz CT molecular complexity index is 1100. The lowest BCUT2D eigenvalue weighted by molar-refractivity contribution is 0.0516. The Hall–Kier alpha value is -2.57. The number of nitrogens with zero attached hydrogens (tertiary/aromatic N) is 3. The van der Waals surface area contributed by atoms with Crippen LogP contribution in [0.1, 0.15) is 28.7 Å². The van der Waals surface area contributed by atoms with E-state index in [9.17, 15) is 15.2 Å². The Kier molecular flexibility index (Phi) is 5.91. The fraction of sp³-hybridized carbons (Fsp3) is 0.211. The van der Waals surface area contributed by atoms with E-state index in [-0.39, 0.29) is 23.7 Å². The van der Waals surface area contributed by atoms with Crippen molar-refractivity contribution >= 4 is 48.7 Å². The third-order valence-corrected chi connectivity index (χ3v) is 6.26. The molecule has 3 rings (SSSR count). The van der Waals surface area contributed by atoms with Crippen LogP contribution in [0.2, 0.25) is 0 Å². The molecule has 9 heteroatoms. The van der Waals surface area contributed by atoms with E-state index >= 15 is 0 Å². The second-order valence-corrected chi connectivity index (χ2v) is 7.30. The molecule has 7 nitrogen and oxygen atoms in total. The minimum atomic E-state index is -0.788. The Morgan fingerprint density at radius 2 is 2.00 bits per heavy atom. The third-order valence-electron chi connectivity index (χ3n) is 4.13. The van der Waals surface area contributed by atoms with Gasteiger partial charge >= 0.3 is 5.97 Å². The van der Waals surface area contributed by atoms with E-state index in [1.807, 2.05) is 30.3 Å². The molecule has 0 unspecified atom stereocenters. The molecule has 28 heavy (non-hydrogen) atoms. The zero-order valence-electron chi connectivity index (χ0n) is 15.0. The maximum atomic E-state index is 12.1. The van der Waals surface area contributed by atoms with Crippen molar-refractivity contribution in [2.24, 2.45) is 0 Å². The zero-order chi connectivity index (χ0) is 20.4. The van der Waals surface area contributed by atoms with Crippen LogP contribution in [-0.4, -0.2) is 34.3 Å². The monoisotopic (exact) mass is 507 g/mol. The Balaban J connectivity index is 2.21. The number of methoxy groups -OCH3 is 1. The fourth-order valence-electron chi connectivity index (χ4n) is 2.84. The number of esters is 1. The fourth-order valence-corrected chi connectivity index (χ4v) is 3.93. The van der Waals surface area contributed by atoms with Gasteiger partial charge in [0.2, 0.25) is 0 Å². The topological polar surface area (TPSA) is 97.4 Å². The summed E-state index contributed by atoms with van der Waals surface area (Å²) in [5, 5.41) is 20.6. The molecule has 0 bridgehead atoms. The van der Waals surface area contributed by atoms with Crippen LogP contribution in [0.3, 0.4) is 0 Å². The molecule has 1 aromatic carbocycles. The van der Waals surface area contributed by atoms with Gasteiger partial charge in [-0.25, -0.2) is 9.78 Å². The van der Waals surface area contributed by atoms with Gasteiger partial charge in [-0.1, -0.05) is 12.1 Å². The van der Waals surface area contributed by atoms with Crippen molar-refractivity contribution in [2.75, 3.05) is 13.7 Å². The molecule has 2 aromatic heterocycles. The van der Waals surface area contributed by atoms with Gasteiger partial charge in [-0.05, 0) is 56.5 Å². The highest BCUT2D eigenvalue weighted by Gasteiger charge is 2.27. The number of carbonyl (C=O) groups is 1. The molecule has 0 aliphatic carbocycles. The van der Waals surface area contributed by atoms with Gasteiger partial charge in [0.05, 0.1) is 29.1 Å². The molecule has 3 aromatic rings. The van der Waals surface area contributed by atoms with E-state index in [0.29, 0.717) is 26.5 Å². The summed E-state index contributed by atoms with van der Waals surface area (Å²) in [4.78, 5) is 16.2. The van der Waals surface area contributed by atoms with Crippen LogP contribution in [0.25, 0.3) is 10.9 Å². The van der Waals surface area contributed by atoms with Gasteiger partial charge < -0.3 is 19.1 Å². The van der Waals surface area contributed by atoms with Crippen LogP contribution in [0.4, 0.5) is 0 Å². The van der Waals surface area contributed by atoms with E-state index < -0.39 is 5.97 Å². The average molecular weight is 509 g/mol. The van der Waals surface area contributed by atoms with Crippen molar-refractivity contribution in [2.45, 2.75) is 13.5 Å². The van der Waals surface area contributed by atoms with Crippen LogP contribution >= 0.6 is 31.9 Å². The van der Waals surface area contributed by atoms with E-state index in [2.05, 4.69) is 36.8 Å². The predicted octanol–water partition coefficient (Wildman–Crippen LogP) is 4.37. The van der Waals surface area contributed by atoms with Gasteiger partial charge in [-0.3, -0.25) is 0 Å². The highest BCUT2D eigenvalue weighted by Crippen LogP contribution is 2.42. The lowest BCUT2D eigenvalue weighted by atomic mass is 10.2. The normalized spacial score (nSPS) is 10.7. The predicted molar refractivity (Wildman–Crippen MR) is 110 cm³/mol. The van der Waals surface area contributed by atoms with Gasteiger partial charge in [0, 0.05) is 6.54 Å². The number of benzene rings is 1. The minimum Gasteiger partial charge on any atom is -0.505 e. The molecule has 0 aliphatic heterocycles. The Morgan fingerprint density at radius 1 is 1.32 bits per heavy atom. The van der Waals surface area contributed by atoms with E-state index in [4.69, 9.17) is 9.47 Å². The molecule has 2 heterocycles. The largest absolute Gasteiger partial charge is 0.505 e. The highest BCUT2D eigenvalue weighted by molar-refractivity contribution is 9.13. The first-order valence-corrected chi connectivity index (χ1v) is 9.81. The highest BCUT2D eigenvalue weighted by atomic mass is 79.9. The number of carbonyl (C=O) groups excluding carboxylic acids is 1. The second-order valence-electron chi connectivity index (χ2n) is 5.75. The molecule has 0 saturated carbocycles. The van der Waals surface area contributed by atoms with Gasteiger partial charge in [0.25, 0.3) is 0 Å². The summed E-state index contributed by atoms with van der Waals surface area (Å²) in [5.74, 6) is -0.393. The number of nitriles is 1. The molecule has 0 fully saturated rings. The molecule has 144 valence electrons. The first-order chi connectivity index (χ1) is 13.4. The number of hydrogen-bond donors (Lipinski definition) is 1. The summed E-state index contributed by atoms with van der Waals surface area (Å²) in [5.41, 5.74) is 1.07. The number of rotatable bonds is 5. The third kappa shape index (κ3) is 3.45. The summed E-state index contributed by atoms with van der Waals surface area (Å²) in [6.45, 7) is 2.18. The minimum absolute atomic E-state index is 0.00997. The number of hydrogen-bond acceptors (Lipinski definition) is 6. The first kappa shape index (κ1) is 20.2. The van der Waals surface area contributed by atoms with Crippen molar-refractivity contribution in [3.63, 3.8) is 0 Å². The van der Waals surface area contributed by atoms with Gasteiger partial charge in [0.1, 0.15) is 16.4 Å². The maximum absolute atomic E-state index is 12.1. The van der Waals surface area contributed by atoms with Crippen LogP contribution in [0.5, 0.6) is 11.5 Å². The van der Waals surface area contributed by atoms with Crippen molar-refractivity contribution in [3.05, 3.63) is 50.3 Å². The Morgan fingerprint density at radius 3 is 2.57 bits per heavy atom. The number of ether oxygens (including phenoxy) is 2. The van der Waals surface area contributed by atoms with Crippen LogP contribution in [0, 0.1) is 11.3 Å². The number of halogens is 2. The smallest absolute Gasteiger partial charge is 0.360 e. The standard InChI is InChI=1S/C19H15Br2N3O4/c1-3-28-19(26)15-17(25)13-14(20)18(21)24(16(13)12(8-22)23-15)9-10-4-6-11(27-2)7-5-10/h4-7,25H,3,9H2,1-2H3. The van der Waals surface area contributed by atoms with Crippen LogP contribution in [-0.2, 0) is 11.3 Å². The lowest BCUT2D eigenvalue weighted by Crippen LogP contribution is -2.10. The van der Waals surface area contributed by atoms with Crippen LogP contribution in [0.15, 0.2) is 33.3 Å². The zero-order valence-corrected chi connectivity index (χ0v) is 18.2. The number of aromatic nitrogens is 2. The summed E-state index contributed by atoms with van der Waals surface area (Å²) in [6.07, 6.45) is 0. The van der Waals surface area contributed by atoms with E-state index in [1.165, 1.54) is 0 Å². The molecule has 0 aliphatic rings. The maximum Gasteiger partial charge on any atom is 0.360 e. The molecule has 0 atom stereocenters. The van der Waals surface area contributed by atoms with Gasteiger partial charge in [0.15, 0.2) is 17.1 Å². The summed E-state index contributed by atoms with van der Waals surface area (Å²) < 4.78 is 13.0. The average Bonchev–Trinajstić information content (AvgIpc) is 2.95. The Labute approximate surface area is 177 Å². The first-order valence-electron chi connectivity index (χ1n) is 8.23. The molecule has 0 amide bonds. The second kappa shape index (κ2) is 8.20. The van der Waals surface area contributed by atoms with Crippen molar-refractivity contribution in [3.8, 4) is 17.6 Å².